The third-order valence-corrected chi connectivity index (χ3v) is 4.76. The monoisotopic (exact) mass is 329 g/mol. The lowest BCUT2D eigenvalue weighted by Gasteiger charge is -2.35. The van der Waals surface area contributed by atoms with Gasteiger partial charge in [0.25, 0.3) is 5.91 Å². The summed E-state index contributed by atoms with van der Waals surface area (Å²) in [6.45, 7) is 9.73. The van der Waals surface area contributed by atoms with Crippen molar-refractivity contribution in [2.75, 3.05) is 44.2 Å². The Kier molecular flexibility index (Phi) is 5.19. The standard InChI is InChI=1S/C19H27N3O2/c1-15(2)14-20-9-11-21(12-10-20)19(24)16-5-3-6-17(13-16)22-8-4-7-18(22)23/h3,5-6,13,15H,4,7-12,14H2,1-2H3. The molecule has 2 heterocycles. The number of amides is 2. The van der Waals surface area contributed by atoms with Crippen molar-refractivity contribution in [3.63, 3.8) is 0 Å². The van der Waals surface area contributed by atoms with Gasteiger partial charge in [0.2, 0.25) is 5.91 Å². The summed E-state index contributed by atoms with van der Waals surface area (Å²) in [5, 5.41) is 0. The van der Waals surface area contributed by atoms with Crippen LogP contribution in [0, 0.1) is 5.92 Å². The molecule has 0 aromatic heterocycles. The zero-order valence-corrected chi connectivity index (χ0v) is 14.7. The predicted molar refractivity (Wildman–Crippen MR) is 95.2 cm³/mol. The summed E-state index contributed by atoms with van der Waals surface area (Å²) in [5.74, 6) is 0.886. The van der Waals surface area contributed by atoms with Crippen molar-refractivity contribution >= 4 is 17.5 Å². The highest BCUT2D eigenvalue weighted by Crippen LogP contribution is 2.23. The molecule has 0 aliphatic carbocycles. The Morgan fingerprint density at radius 2 is 1.88 bits per heavy atom. The summed E-state index contributed by atoms with van der Waals surface area (Å²) in [4.78, 5) is 30.8. The summed E-state index contributed by atoms with van der Waals surface area (Å²) in [7, 11) is 0. The predicted octanol–water partition coefficient (Wildman–Crippen LogP) is 2.23. The smallest absolute Gasteiger partial charge is 0.254 e. The van der Waals surface area contributed by atoms with Crippen molar-refractivity contribution in [2.45, 2.75) is 26.7 Å². The van der Waals surface area contributed by atoms with Gasteiger partial charge in [0.1, 0.15) is 0 Å². The molecule has 5 nitrogen and oxygen atoms in total. The van der Waals surface area contributed by atoms with Gasteiger partial charge in [0.05, 0.1) is 0 Å². The summed E-state index contributed by atoms with van der Waals surface area (Å²) >= 11 is 0. The van der Waals surface area contributed by atoms with E-state index < -0.39 is 0 Å². The Morgan fingerprint density at radius 1 is 1.12 bits per heavy atom. The topological polar surface area (TPSA) is 43.9 Å². The van der Waals surface area contributed by atoms with E-state index in [1.54, 1.807) is 4.90 Å². The molecular weight excluding hydrogens is 302 g/mol. The number of carbonyl (C=O) groups is 2. The average molecular weight is 329 g/mol. The van der Waals surface area contributed by atoms with Gasteiger partial charge in [-0.3, -0.25) is 14.5 Å². The number of hydrogen-bond donors (Lipinski definition) is 0. The van der Waals surface area contributed by atoms with Crippen LogP contribution in [0.15, 0.2) is 24.3 Å². The van der Waals surface area contributed by atoms with E-state index in [4.69, 9.17) is 0 Å². The molecule has 3 rings (SSSR count). The van der Waals surface area contributed by atoms with Crippen molar-refractivity contribution in [1.82, 2.24) is 9.80 Å². The summed E-state index contributed by atoms with van der Waals surface area (Å²) < 4.78 is 0. The molecule has 2 saturated heterocycles. The Hall–Kier alpha value is -1.88. The highest BCUT2D eigenvalue weighted by molar-refractivity contribution is 5.99. The zero-order chi connectivity index (χ0) is 17.1. The molecule has 0 N–H and O–H groups in total. The lowest BCUT2D eigenvalue weighted by Crippen LogP contribution is -2.49. The summed E-state index contributed by atoms with van der Waals surface area (Å²) in [6.07, 6.45) is 1.50. The molecule has 1 aromatic rings. The minimum atomic E-state index is 0.0766. The normalized spacial score (nSPS) is 19.4. The Balaban J connectivity index is 1.64. The minimum absolute atomic E-state index is 0.0766. The first kappa shape index (κ1) is 17.0. The molecule has 130 valence electrons. The molecule has 1 aromatic carbocycles. The van der Waals surface area contributed by atoms with Gasteiger partial charge < -0.3 is 9.80 Å². The minimum Gasteiger partial charge on any atom is -0.336 e. The van der Waals surface area contributed by atoms with Crippen LogP contribution in [0.25, 0.3) is 0 Å². The Morgan fingerprint density at radius 3 is 2.50 bits per heavy atom. The van der Waals surface area contributed by atoms with E-state index in [-0.39, 0.29) is 11.8 Å². The fraction of sp³-hybridized carbons (Fsp3) is 0.579. The molecule has 0 radical (unpaired) electrons. The second kappa shape index (κ2) is 7.34. The van der Waals surface area contributed by atoms with Gasteiger partial charge >= 0.3 is 0 Å². The summed E-state index contributed by atoms with van der Waals surface area (Å²) in [5.41, 5.74) is 1.53. The molecular formula is C19H27N3O2. The van der Waals surface area contributed by atoms with Gasteiger partial charge in [-0.2, -0.15) is 0 Å². The van der Waals surface area contributed by atoms with Crippen LogP contribution in [0.1, 0.15) is 37.0 Å². The van der Waals surface area contributed by atoms with E-state index in [0.29, 0.717) is 17.9 Å². The maximum Gasteiger partial charge on any atom is 0.254 e. The quantitative estimate of drug-likeness (QED) is 0.851. The highest BCUT2D eigenvalue weighted by atomic mass is 16.2. The van der Waals surface area contributed by atoms with Gasteiger partial charge in [-0.05, 0) is 30.5 Å². The van der Waals surface area contributed by atoms with E-state index in [1.165, 1.54) is 0 Å². The van der Waals surface area contributed by atoms with Crippen LogP contribution in [0.5, 0.6) is 0 Å². The van der Waals surface area contributed by atoms with Crippen LogP contribution in [-0.4, -0.2) is 60.9 Å². The fourth-order valence-corrected chi connectivity index (χ4v) is 3.56. The lowest BCUT2D eigenvalue weighted by molar-refractivity contribution is -0.117. The first-order chi connectivity index (χ1) is 11.5. The largest absolute Gasteiger partial charge is 0.336 e. The first-order valence-electron chi connectivity index (χ1n) is 8.96. The third-order valence-electron chi connectivity index (χ3n) is 4.76. The van der Waals surface area contributed by atoms with Gasteiger partial charge in [-0.1, -0.05) is 19.9 Å². The van der Waals surface area contributed by atoms with Gasteiger partial charge in [0.15, 0.2) is 0 Å². The number of rotatable bonds is 4. The van der Waals surface area contributed by atoms with E-state index in [2.05, 4.69) is 18.7 Å². The molecule has 0 atom stereocenters. The molecule has 5 heteroatoms. The number of anilines is 1. The van der Waals surface area contributed by atoms with Crippen LogP contribution in [0.4, 0.5) is 5.69 Å². The molecule has 0 spiro atoms. The van der Waals surface area contributed by atoms with Crippen LogP contribution >= 0.6 is 0 Å². The molecule has 0 saturated carbocycles. The SMILES string of the molecule is CC(C)CN1CCN(C(=O)c2cccc(N3CCCC3=O)c2)CC1. The molecule has 2 aliphatic rings. The van der Waals surface area contributed by atoms with Crippen LogP contribution in [0.3, 0.4) is 0 Å². The highest BCUT2D eigenvalue weighted by Gasteiger charge is 2.25. The maximum atomic E-state index is 12.8. The van der Waals surface area contributed by atoms with Crippen molar-refractivity contribution in [1.29, 1.82) is 0 Å². The van der Waals surface area contributed by atoms with Gasteiger partial charge in [-0.15, -0.1) is 0 Å². The van der Waals surface area contributed by atoms with E-state index in [0.717, 1.165) is 51.4 Å². The van der Waals surface area contributed by atoms with Gasteiger partial charge in [-0.25, -0.2) is 0 Å². The lowest BCUT2D eigenvalue weighted by atomic mass is 10.1. The van der Waals surface area contributed by atoms with Crippen molar-refractivity contribution in [3.05, 3.63) is 29.8 Å². The van der Waals surface area contributed by atoms with Crippen LogP contribution in [-0.2, 0) is 4.79 Å². The molecule has 2 amide bonds. The molecule has 2 fully saturated rings. The van der Waals surface area contributed by atoms with Crippen molar-refractivity contribution in [3.8, 4) is 0 Å². The third kappa shape index (κ3) is 3.78. The number of nitrogens with zero attached hydrogens (tertiary/aromatic N) is 3. The van der Waals surface area contributed by atoms with Crippen LogP contribution < -0.4 is 4.90 Å². The number of piperazine rings is 1. The number of benzene rings is 1. The van der Waals surface area contributed by atoms with Crippen LogP contribution in [0.2, 0.25) is 0 Å². The molecule has 0 unspecified atom stereocenters. The van der Waals surface area contributed by atoms with E-state index >= 15 is 0 Å². The fourth-order valence-electron chi connectivity index (χ4n) is 3.56. The van der Waals surface area contributed by atoms with E-state index in [1.807, 2.05) is 29.2 Å². The first-order valence-corrected chi connectivity index (χ1v) is 8.96. The second-order valence-electron chi connectivity index (χ2n) is 7.19. The number of hydrogen-bond acceptors (Lipinski definition) is 3. The second-order valence-corrected chi connectivity index (χ2v) is 7.19. The summed E-state index contributed by atoms with van der Waals surface area (Å²) in [6, 6.07) is 7.52. The van der Waals surface area contributed by atoms with Crippen molar-refractivity contribution in [2.24, 2.45) is 5.92 Å². The molecule has 0 bridgehead atoms. The van der Waals surface area contributed by atoms with Crippen molar-refractivity contribution < 1.29 is 9.59 Å². The Labute approximate surface area is 144 Å². The molecule has 2 aliphatic heterocycles. The Bertz CT molecular complexity index is 606. The number of carbonyl (C=O) groups excluding carboxylic acids is 2. The zero-order valence-electron chi connectivity index (χ0n) is 14.7. The molecule has 24 heavy (non-hydrogen) atoms. The maximum absolute atomic E-state index is 12.8. The average Bonchev–Trinajstić information content (AvgIpc) is 3.00. The van der Waals surface area contributed by atoms with Gasteiger partial charge in [0, 0.05) is 56.9 Å². The van der Waals surface area contributed by atoms with E-state index in [9.17, 15) is 9.59 Å².